The molecular weight excluding hydrogens is 451 g/mol. The molecule has 0 heterocycles. The van der Waals surface area contributed by atoms with Gasteiger partial charge in [0.1, 0.15) is 0 Å². The lowest BCUT2D eigenvalue weighted by atomic mass is 10.1. The smallest absolute Gasteiger partial charge is 0.254 e. The van der Waals surface area contributed by atoms with Gasteiger partial charge in [-0.1, -0.05) is 87.3 Å². The minimum Gasteiger partial charge on any atom is -0.463 e. The van der Waals surface area contributed by atoms with Gasteiger partial charge in [0.2, 0.25) is 10.0 Å². The van der Waals surface area contributed by atoms with Crippen LogP contribution in [0.1, 0.15) is 15.9 Å². The van der Waals surface area contributed by atoms with Gasteiger partial charge in [0.25, 0.3) is 5.91 Å². The van der Waals surface area contributed by atoms with E-state index < -0.39 is 15.9 Å². The summed E-state index contributed by atoms with van der Waals surface area (Å²) in [6, 6.07) is 9.74. The lowest BCUT2D eigenvalue weighted by molar-refractivity contribution is 0.0833. The summed E-state index contributed by atoms with van der Waals surface area (Å²) in [6.07, 6.45) is -1.35. The number of ether oxygens (including phenoxy) is 1. The van der Waals surface area contributed by atoms with E-state index in [1.807, 2.05) is 13.0 Å². The van der Waals surface area contributed by atoms with Crippen LogP contribution in [-0.4, -0.2) is 15.9 Å². The van der Waals surface area contributed by atoms with Crippen molar-refractivity contribution in [1.82, 2.24) is 5.32 Å². The number of benzene rings is 2. The molecule has 0 aromatic heterocycles. The molecule has 1 amide bonds. The van der Waals surface area contributed by atoms with Gasteiger partial charge in [-0.2, -0.15) is 0 Å². The minimum atomic E-state index is -1.98. The molecule has 1 atom stereocenters. The van der Waals surface area contributed by atoms with Crippen molar-refractivity contribution in [2.75, 3.05) is 0 Å². The molecule has 0 radical (unpaired) electrons. The average Bonchev–Trinajstić information content (AvgIpc) is 2.48. The number of hydrogen-bond acceptors (Lipinski definition) is 2. The molecule has 0 aliphatic heterocycles. The number of halogens is 6. The van der Waals surface area contributed by atoms with E-state index in [1.165, 1.54) is 12.1 Å². The van der Waals surface area contributed by atoms with Gasteiger partial charge in [0, 0.05) is 10.6 Å². The predicted octanol–water partition coefficient (Wildman–Crippen LogP) is 6.46. The lowest BCUT2D eigenvalue weighted by Crippen LogP contribution is -2.48. The summed E-state index contributed by atoms with van der Waals surface area (Å²) in [5.41, 5.74) is 1.29. The first-order valence-electron chi connectivity index (χ1n) is 6.83. The highest BCUT2D eigenvalue weighted by Gasteiger charge is 2.37. The van der Waals surface area contributed by atoms with Gasteiger partial charge in [-0.3, -0.25) is 4.79 Å². The van der Waals surface area contributed by atoms with Crippen molar-refractivity contribution in [2.45, 2.75) is 16.9 Å². The Morgan fingerprint density at radius 3 is 2.20 bits per heavy atom. The number of nitrogens with one attached hydrogen (secondary N) is 1. The Morgan fingerprint density at radius 1 is 1.08 bits per heavy atom. The Bertz CT molecular complexity index is 767. The van der Waals surface area contributed by atoms with Crippen molar-refractivity contribution in [2.24, 2.45) is 0 Å². The number of alkyl halides is 3. The summed E-state index contributed by atoms with van der Waals surface area (Å²) in [6.45, 7) is 1.85. The lowest BCUT2D eigenvalue weighted by Gasteiger charge is -2.27. The number of amides is 1. The molecule has 0 fully saturated rings. The highest BCUT2D eigenvalue weighted by Crippen LogP contribution is 2.39. The highest BCUT2D eigenvalue weighted by molar-refractivity contribution is 6.68. The first-order valence-corrected chi connectivity index (χ1v) is 9.10. The van der Waals surface area contributed by atoms with Gasteiger partial charge in [-0.05, 0) is 31.2 Å². The Morgan fingerprint density at radius 2 is 1.68 bits per heavy atom. The molecule has 25 heavy (non-hydrogen) atoms. The molecule has 0 aliphatic carbocycles. The maximum absolute atomic E-state index is 12.4. The quantitative estimate of drug-likeness (QED) is 0.419. The Kier molecular flexibility index (Phi) is 7.00. The molecule has 1 N–H and O–H groups in total. The molecule has 2 rings (SSSR count). The molecule has 0 bridgehead atoms. The summed E-state index contributed by atoms with van der Waals surface area (Å²) < 4.78 is 3.59. The maximum atomic E-state index is 12.4. The third-order valence-electron chi connectivity index (χ3n) is 3.04. The van der Waals surface area contributed by atoms with Gasteiger partial charge < -0.3 is 10.1 Å². The van der Waals surface area contributed by atoms with Crippen molar-refractivity contribution in [3.8, 4) is 5.75 Å². The number of aryl methyl sites for hydroxylation is 1. The van der Waals surface area contributed by atoms with Gasteiger partial charge in [-0.15, -0.1) is 0 Å². The zero-order valence-corrected chi connectivity index (χ0v) is 17.2. The first kappa shape index (κ1) is 20.8. The molecule has 134 valence electrons. The van der Waals surface area contributed by atoms with E-state index in [2.05, 4.69) is 5.32 Å². The van der Waals surface area contributed by atoms with E-state index in [0.29, 0.717) is 10.6 Å². The van der Waals surface area contributed by atoms with E-state index in [4.69, 9.17) is 74.3 Å². The minimum absolute atomic E-state index is 0.0357. The second kappa shape index (κ2) is 8.43. The van der Waals surface area contributed by atoms with Crippen LogP contribution in [0.2, 0.25) is 15.1 Å². The molecule has 3 nitrogen and oxygen atoms in total. The van der Waals surface area contributed by atoms with Crippen LogP contribution in [0.4, 0.5) is 0 Å². The second-order valence-corrected chi connectivity index (χ2v) is 8.70. The number of rotatable bonds is 4. The zero-order valence-electron chi connectivity index (χ0n) is 12.6. The molecule has 0 aliphatic rings. The van der Waals surface area contributed by atoms with Crippen molar-refractivity contribution in [3.63, 3.8) is 0 Å². The third-order valence-corrected chi connectivity index (χ3v) is 4.41. The summed E-state index contributed by atoms with van der Waals surface area (Å²) in [5, 5.41) is 3.05. The van der Waals surface area contributed by atoms with Crippen molar-refractivity contribution in [1.29, 1.82) is 0 Å². The van der Waals surface area contributed by atoms with Gasteiger partial charge in [-0.25, -0.2) is 0 Å². The van der Waals surface area contributed by atoms with Gasteiger partial charge in [0.15, 0.2) is 5.75 Å². The average molecular weight is 462 g/mol. The maximum Gasteiger partial charge on any atom is 0.254 e. The highest BCUT2D eigenvalue weighted by atomic mass is 35.6. The monoisotopic (exact) mass is 459 g/mol. The number of carbonyl (C=O) groups is 1. The SMILES string of the molecule is Cc1cccc(C(=O)N[C@H](Oc2c(Cl)cc(Cl)cc2Cl)C(Cl)(Cl)Cl)c1. The van der Waals surface area contributed by atoms with Crippen LogP contribution in [0.3, 0.4) is 0 Å². The third kappa shape index (κ3) is 5.72. The molecule has 0 unspecified atom stereocenters. The van der Waals surface area contributed by atoms with Crippen LogP contribution in [-0.2, 0) is 0 Å². The Balaban J connectivity index is 2.28. The van der Waals surface area contributed by atoms with Crippen LogP contribution >= 0.6 is 69.6 Å². The largest absolute Gasteiger partial charge is 0.463 e. The Labute approximate surface area is 175 Å². The van der Waals surface area contributed by atoms with Crippen molar-refractivity contribution < 1.29 is 9.53 Å². The van der Waals surface area contributed by atoms with Crippen LogP contribution in [0.5, 0.6) is 5.75 Å². The fourth-order valence-electron chi connectivity index (χ4n) is 1.93. The predicted molar refractivity (Wildman–Crippen MR) is 105 cm³/mol. The first-order chi connectivity index (χ1) is 11.6. The molecule has 0 spiro atoms. The van der Waals surface area contributed by atoms with E-state index in [0.717, 1.165) is 5.56 Å². The van der Waals surface area contributed by atoms with Gasteiger partial charge in [0.05, 0.1) is 10.0 Å². The van der Waals surface area contributed by atoms with E-state index in [1.54, 1.807) is 18.2 Å². The van der Waals surface area contributed by atoms with Crippen LogP contribution in [0.25, 0.3) is 0 Å². The standard InChI is InChI=1S/C16H11Cl6NO2/c1-8-3-2-4-9(5-8)14(24)23-15(16(20,21)22)25-13-11(18)6-10(17)7-12(13)19/h2-7,15H,1H3,(H,23,24)/t15-/m1/s1. The van der Waals surface area contributed by atoms with Crippen LogP contribution in [0.15, 0.2) is 36.4 Å². The van der Waals surface area contributed by atoms with Gasteiger partial charge >= 0.3 is 0 Å². The van der Waals surface area contributed by atoms with Crippen molar-refractivity contribution >= 4 is 75.5 Å². The molecule has 2 aromatic carbocycles. The normalized spacial score (nSPS) is 12.6. The van der Waals surface area contributed by atoms with Crippen LogP contribution < -0.4 is 10.1 Å². The second-order valence-electron chi connectivity index (χ2n) is 5.08. The fourth-order valence-corrected chi connectivity index (χ4v) is 3.13. The molecule has 2 aromatic rings. The molecular formula is C16H11Cl6NO2. The summed E-state index contributed by atoms with van der Waals surface area (Å²) in [5.74, 6) is -0.449. The van der Waals surface area contributed by atoms with E-state index >= 15 is 0 Å². The number of carbonyl (C=O) groups excluding carboxylic acids is 1. The topological polar surface area (TPSA) is 38.3 Å². The fraction of sp³-hybridized carbons (Fsp3) is 0.188. The van der Waals surface area contributed by atoms with Crippen LogP contribution in [0, 0.1) is 6.92 Å². The van der Waals surface area contributed by atoms with E-state index in [9.17, 15) is 4.79 Å². The zero-order chi connectivity index (χ0) is 18.8. The molecule has 0 saturated heterocycles. The summed E-state index contributed by atoms with van der Waals surface area (Å²) in [7, 11) is 0. The van der Waals surface area contributed by atoms with E-state index in [-0.39, 0.29) is 15.8 Å². The summed E-state index contributed by atoms with van der Waals surface area (Å²) >= 11 is 35.8. The summed E-state index contributed by atoms with van der Waals surface area (Å²) in [4.78, 5) is 12.4. The number of hydrogen-bond donors (Lipinski definition) is 1. The molecule has 0 saturated carbocycles. The van der Waals surface area contributed by atoms with Crippen molar-refractivity contribution in [3.05, 3.63) is 62.6 Å². The molecule has 9 heteroatoms. The Hall–Kier alpha value is -0.550.